The van der Waals surface area contributed by atoms with Crippen LogP contribution in [0.1, 0.15) is 41.9 Å². The van der Waals surface area contributed by atoms with E-state index in [2.05, 4.69) is 17.9 Å². The number of carbonyl (C=O) groups excluding carboxylic acids is 1. The molecule has 0 radical (unpaired) electrons. The van der Waals surface area contributed by atoms with Crippen LogP contribution in [0.2, 0.25) is 0 Å². The molecule has 1 saturated heterocycles. The standard InChI is InChI=1S/C24H21FN2O2/c25-20-12-8-17(9-13-20)5-4-16-6-10-18(11-7-16)23-21(14-26)27(22(23)15-28)24(29)19-2-1-3-19/h6-13,19,21-23,28H,1-3,15H2/t21-,22+,23-/m0/s1. The first kappa shape index (κ1) is 19.2. The number of benzene rings is 2. The number of halogens is 1. The van der Waals surface area contributed by atoms with Gasteiger partial charge >= 0.3 is 0 Å². The fraction of sp³-hybridized carbons (Fsp3) is 0.333. The zero-order valence-corrected chi connectivity index (χ0v) is 15.9. The van der Waals surface area contributed by atoms with Gasteiger partial charge in [0, 0.05) is 23.0 Å². The molecule has 0 spiro atoms. The normalized spacial score (nSPS) is 23.2. The summed E-state index contributed by atoms with van der Waals surface area (Å²) in [7, 11) is 0. The largest absolute Gasteiger partial charge is 0.394 e. The maximum absolute atomic E-state index is 13.0. The number of nitrogens with zero attached hydrogens (tertiary/aromatic N) is 2. The van der Waals surface area contributed by atoms with Crippen LogP contribution in [-0.2, 0) is 4.79 Å². The van der Waals surface area contributed by atoms with Crippen LogP contribution in [0.3, 0.4) is 0 Å². The van der Waals surface area contributed by atoms with Gasteiger partial charge in [-0.25, -0.2) is 4.39 Å². The first-order chi connectivity index (χ1) is 14.1. The highest BCUT2D eigenvalue weighted by molar-refractivity contribution is 5.82. The molecule has 1 saturated carbocycles. The highest BCUT2D eigenvalue weighted by atomic mass is 19.1. The number of likely N-dealkylation sites (tertiary alicyclic amines) is 1. The van der Waals surface area contributed by atoms with E-state index < -0.39 is 6.04 Å². The van der Waals surface area contributed by atoms with E-state index in [0.717, 1.165) is 36.0 Å². The molecule has 146 valence electrons. The maximum atomic E-state index is 13.0. The lowest BCUT2D eigenvalue weighted by Crippen LogP contribution is -2.66. The molecule has 1 N–H and O–H groups in total. The van der Waals surface area contributed by atoms with Gasteiger partial charge in [-0.15, -0.1) is 0 Å². The van der Waals surface area contributed by atoms with Gasteiger partial charge in [0.15, 0.2) is 0 Å². The fourth-order valence-electron chi connectivity index (χ4n) is 4.04. The van der Waals surface area contributed by atoms with Crippen LogP contribution >= 0.6 is 0 Å². The van der Waals surface area contributed by atoms with Crippen LogP contribution in [0.25, 0.3) is 0 Å². The van der Waals surface area contributed by atoms with Crippen LogP contribution in [0.5, 0.6) is 0 Å². The van der Waals surface area contributed by atoms with Crippen LogP contribution in [-0.4, -0.2) is 34.6 Å². The van der Waals surface area contributed by atoms with E-state index in [1.807, 2.05) is 24.3 Å². The topological polar surface area (TPSA) is 64.3 Å². The molecule has 4 nitrogen and oxygen atoms in total. The van der Waals surface area contributed by atoms with Crippen molar-refractivity contribution < 1.29 is 14.3 Å². The second-order valence-corrected chi connectivity index (χ2v) is 7.60. The smallest absolute Gasteiger partial charge is 0.227 e. The minimum Gasteiger partial charge on any atom is -0.394 e. The molecule has 1 amide bonds. The highest BCUT2D eigenvalue weighted by Crippen LogP contribution is 2.43. The molecular formula is C24H21FN2O2. The summed E-state index contributed by atoms with van der Waals surface area (Å²) < 4.78 is 13.0. The van der Waals surface area contributed by atoms with Crippen molar-refractivity contribution in [2.45, 2.75) is 37.3 Å². The molecule has 4 rings (SSSR count). The van der Waals surface area contributed by atoms with Gasteiger partial charge in [-0.05, 0) is 54.8 Å². The molecule has 1 heterocycles. The summed E-state index contributed by atoms with van der Waals surface area (Å²) in [4.78, 5) is 14.2. The van der Waals surface area contributed by atoms with E-state index in [-0.39, 0.29) is 36.2 Å². The third-order valence-electron chi connectivity index (χ3n) is 5.93. The molecule has 0 unspecified atom stereocenters. The molecule has 2 fully saturated rings. The minimum absolute atomic E-state index is 0.000107. The van der Waals surface area contributed by atoms with E-state index >= 15 is 0 Å². The molecule has 29 heavy (non-hydrogen) atoms. The number of hydrogen-bond donors (Lipinski definition) is 1. The average Bonchev–Trinajstić information content (AvgIpc) is 2.67. The number of rotatable bonds is 3. The summed E-state index contributed by atoms with van der Waals surface area (Å²) in [5.74, 6) is 5.54. The van der Waals surface area contributed by atoms with Crippen molar-refractivity contribution in [2.75, 3.05) is 6.61 Å². The predicted molar refractivity (Wildman–Crippen MR) is 106 cm³/mol. The number of hydrogen-bond acceptors (Lipinski definition) is 3. The van der Waals surface area contributed by atoms with E-state index in [1.165, 1.54) is 12.1 Å². The molecule has 2 aliphatic rings. The summed E-state index contributed by atoms with van der Waals surface area (Å²) in [5.41, 5.74) is 2.44. The molecular weight excluding hydrogens is 367 g/mol. The Morgan fingerprint density at radius 1 is 1.07 bits per heavy atom. The second-order valence-electron chi connectivity index (χ2n) is 7.60. The lowest BCUT2D eigenvalue weighted by Gasteiger charge is -2.53. The zero-order valence-electron chi connectivity index (χ0n) is 15.9. The van der Waals surface area contributed by atoms with Crippen LogP contribution in [0.4, 0.5) is 4.39 Å². The first-order valence-corrected chi connectivity index (χ1v) is 9.82. The first-order valence-electron chi connectivity index (χ1n) is 9.82. The van der Waals surface area contributed by atoms with Crippen molar-refractivity contribution in [3.05, 3.63) is 71.0 Å². The molecule has 5 heteroatoms. The second kappa shape index (κ2) is 8.07. The van der Waals surface area contributed by atoms with Gasteiger partial charge in [0.1, 0.15) is 11.9 Å². The van der Waals surface area contributed by atoms with E-state index in [9.17, 15) is 19.6 Å². The molecule has 2 aromatic carbocycles. The van der Waals surface area contributed by atoms with Gasteiger partial charge in [-0.3, -0.25) is 4.79 Å². The third-order valence-corrected chi connectivity index (χ3v) is 5.93. The molecule has 1 aliphatic heterocycles. The Morgan fingerprint density at radius 2 is 1.66 bits per heavy atom. The van der Waals surface area contributed by atoms with Gasteiger partial charge < -0.3 is 10.0 Å². The Morgan fingerprint density at radius 3 is 2.14 bits per heavy atom. The van der Waals surface area contributed by atoms with Crippen molar-refractivity contribution >= 4 is 5.91 Å². The van der Waals surface area contributed by atoms with E-state index in [1.54, 1.807) is 17.0 Å². The van der Waals surface area contributed by atoms with E-state index in [4.69, 9.17) is 0 Å². The number of amides is 1. The Kier molecular flexibility index (Phi) is 5.34. The van der Waals surface area contributed by atoms with Gasteiger partial charge in [0.2, 0.25) is 5.91 Å². The van der Waals surface area contributed by atoms with Crippen molar-refractivity contribution in [1.82, 2.24) is 4.90 Å². The van der Waals surface area contributed by atoms with Crippen molar-refractivity contribution in [2.24, 2.45) is 5.92 Å². The lowest BCUT2D eigenvalue weighted by molar-refractivity contribution is -0.154. The third kappa shape index (κ3) is 3.62. The van der Waals surface area contributed by atoms with Gasteiger partial charge in [0.05, 0.1) is 18.7 Å². The molecule has 0 bridgehead atoms. The van der Waals surface area contributed by atoms with Crippen molar-refractivity contribution in [1.29, 1.82) is 5.26 Å². The average molecular weight is 388 g/mol. The molecule has 0 aromatic heterocycles. The summed E-state index contributed by atoms with van der Waals surface area (Å²) in [6.07, 6.45) is 2.80. The molecule has 2 aromatic rings. The SMILES string of the molecule is N#C[C@H]1[C@H](c2ccc(C#Cc3ccc(F)cc3)cc2)[C@@H](CO)N1C(=O)C1CCC1. The Balaban J connectivity index is 1.50. The van der Waals surface area contributed by atoms with Gasteiger partial charge in [-0.1, -0.05) is 30.4 Å². The van der Waals surface area contributed by atoms with Crippen molar-refractivity contribution in [3.63, 3.8) is 0 Å². The lowest BCUT2D eigenvalue weighted by atomic mass is 9.73. The van der Waals surface area contributed by atoms with Crippen LogP contribution in [0, 0.1) is 34.9 Å². The Labute approximate surface area is 169 Å². The van der Waals surface area contributed by atoms with Crippen LogP contribution in [0.15, 0.2) is 48.5 Å². The zero-order chi connectivity index (χ0) is 20.4. The van der Waals surface area contributed by atoms with Gasteiger partial charge in [-0.2, -0.15) is 5.26 Å². The Hall–Kier alpha value is -3.15. The summed E-state index contributed by atoms with van der Waals surface area (Å²) in [6, 6.07) is 14.9. The highest BCUT2D eigenvalue weighted by Gasteiger charge is 2.53. The van der Waals surface area contributed by atoms with Gasteiger partial charge in [0.25, 0.3) is 0 Å². The quantitative estimate of drug-likeness (QED) is 0.822. The van der Waals surface area contributed by atoms with Crippen LogP contribution < -0.4 is 0 Å². The van der Waals surface area contributed by atoms with E-state index in [0.29, 0.717) is 0 Å². The predicted octanol–water partition coefficient (Wildman–Crippen LogP) is 3.20. The summed E-state index contributed by atoms with van der Waals surface area (Å²) in [6.45, 7) is -0.159. The molecule has 1 aliphatic carbocycles. The fourth-order valence-corrected chi connectivity index (χ4v) is 4.04. The monoisotopic (exact) mass is 388 g/mol. The minimum atomic E-state index is -0.545. The number of aliphatic hydroxyl groups excluding tert-OH is 1. The Bertz CT molecular complexity index is 994. The maximum Gasteiger partial charge on any atom is 0.227 e. The summed E-state index contributed by atoms with van der Waals surface area (Å²) in [5, 5.41) is 19.5. The number of carbonyl (C=O) groups is 1. The number of aliphatic hydroxyl groups is 1. The molecule has 3 atom stereocenters. The van der Waals surface area contributed by atoms with Crippen molar-refractivity contribution in [3.8, 4) is 17.9 Å². The number of nitriles is 1. The summed E-state index contributed by atoms with van der Waals surface area (Å²) >= 11 is 0.